The summed E-state index contributed by atoms with van der Waals surface area (Å²) in [5, 5.41) is 2.76. The average molecular weight is 456 g/mol. The first-order valence-electron chi connectivity index (χ1n) is 11.2. The number of carbonyl (C=O) groups excluding carboxylic acids is 2. The minimum Gasteiger partial charge on any atom is -0.341 e. The van der Waals surface area contributed by atoms with Gasteiger partial charge in [-0.25, -0.2) is 8.42 Å². The number of likely N-dealkylation sites (tertiary alicyclic amines) is 1. The zero-order valence-corrected chi connectivity index (χ0v) is 18.9. The van der Waals surface area contributed by atoms with Gasteiger partial charge in [-0.05, 0) is 55.0 Å². The molecular weight excluding hydrogens is 426 g/mol. The lowest BCUT2D eigenvalue weighted by atomic mass is 10.0. The van der Waals surface area contributed by atoms with E-state index in [9.17, 15) is 18.0 Å². The molecule has 0 saturated carbocycles. The number of aryl methyl sites for hydroxylation is 1. The van der Waals surface area contributed by atoms with Crippen molar-refractivity contribution in [1.82, 2.24) is 9.62 Å². The van der Waals surface area contributed by atoms with Crippen molar-refractivity contribution in [2.75, 3.05) is 18.4 Å². The van der Waals surface area contributed by atoms with Crippen LogP contribution in [-0.4, -0.2) is 44.3 Å². The van der Waals surface area contributed by atoms with Gasteiger partial charge in [0.2, 0.25) is 21.8 Å². The van der Waals surface area contributed by atoms with Crippen molar-refractivity contribution in [1.29, 1.82) is 0 Å². The van der Waals surface area contributed by atoms with E-state index in [0.29, 0.717) is 31.6 Å². The van der Waals surface area contributed by atoms with Crippen LogP contribution in [0.1, 0.15) is 43.2 Å². The summed E-state index contributed by atoms with van der Waals surface area (Å²) in [5.41, 5.74) is 2.32. The van der Waals surface area contributed by atoms with Crippen LogP contribution in [0, 0.1) is 0 Å². The fraction of sp³-hybridized carbons (Fsp3) is 0.417. The molecule has 0 aromatic heterocycles. The first-order valence-corrected chi connectivity index (χ1v) is 12.7. The van der Waals surface area contributed by atoms with Crippen molar-refractivity contribution in [3.05, 3.63) is 59.7 Å². The summed E-state index contributed by atoms with van der Waals surface area (Å²) in [6.07, 6.45) is 5.16. The standard InChI is InChI=1S/C24H29N3O4S/c28-23-13-10-19-17-20(11-12-21(19)25-23)32(30,31)26-22(16-18-8-4-3-5-9-18)24(29)27-14-6-1-2-7-15-27/h3-5,8-9,11-12,17,22,26H,1-2,6-7,10,13-16H2,(H,25,28)/t22-/m0/s1. The van der Waals surface area contributed by atoms with Gasteiger partial charge in [0.05, 0.1) is 4.90 Å². The molecule has 2 aliphatic rings. The van der Waals surface area contributed by atoms with E-state index in [4.69, 9.17) is 0 Å². The number of hydrogen-bond acceptors (Lipinski definition) is 4. The molecule has 0 aliphatic carbocycles. The van der Waals surface area contributed by atoms with Gasteiger partial charge in [0.1, 0.15) is 6.04 Å². The van der Waals surface area contributed by atoms with E-state index in [1.807, 2.05) is 30.3 Å². The van der Waals surface area contributed by atoms with Gasteiger partial charge in [0.25, 0.3) is 0 Å². The second-order valence-electron chi connectivity index (χ2n) is 8.47. The van der Waals surface area contributed by atoms with Crippen LogP contribution in [0.4, 0.5) is 5.69 Å². The fourth-order valence-electron chi connectivity index (χ4n) is 4.32. The van der Waals surface area contributed by atoms with Crippen LogP contribution >= 0.6 is 0 Å². The van der Waals surface area contributed by atoms with Crippen LogP contribution in [0.25, 0.3) is 0 Å². The van der Waals surface area contributed by atoms with Gasteiger partial charge in [-0.15, -0.1) is 0 Å². The summed E-state index contributed by atoms with van der Waals surface area (Å²) < 4.78 is 29.2. The number of anilines is 1. The molecule has 2 heterocycles. The molecule has 170 valence electrons. The molecule has 2 aromatic carbocycles. The minimum atomic E-state index is -3.93. The molecule has 4 rings (SSSR count). The molecule has 2 amide bonds. The summed E-state index contributed by atoms with van der Waals surface area (Å²) in [7, 11) is -3.93. The molecule has 2 N–H and O–H groups in total. The van der Waals surface area contributed by atoms with Crippen molar-refractivity contribution in [2.45, 2.75) is 55.9 Å². The third kappa shape index (κ3) is 5.37. The molecule has 1 fully saturated rings. The second-order valence-corrected chi connectivity index (χ2v) is 10.2. The van der Waals surface area contributed by atoms with Gasteiger partial charge in [0.15, 0.2) is 0 Å². The van der Waals surface area contributed by atoms with E-state index in [2.05, 4.69) is 10.0 Å². The summed E-state index contributed by atoms with van der Waals surface area (Å²) in [4.78, 5) is 26.9. The Hall–Kier alpha value is -2.71. The average Bonchev–Trinajstić information content (AvgIpc) is 3.08. The number of benzene rings is 2. The number of hydrogen-bond donors (Lipinski definition) is 2. The summed E-state index contributed by atoms with van der Waals surface area (Å²) in [5.74, 6) is -0.248. The molecule has 0 bridgehead atoms. The van der Waals surface area contributed by atoms with Crippen molar-refractivity contribution in [2.24, 2.45) is 0 Å². The normalized spacial score (nSPS) is 17.8. The molecule has 32 heavy (non-hydrogen) atoms. The first kappa shape index (κ1) is 22.5. The van der Waals surface area contributed by atoms with E-state index >= 15 is 0 Å². The summed E-state index contributed by atoms with van der Waals surface area (Å²) in [6, 6.07) is 13.3. The van der Waals surface area contributed by atoms with Crippen LogP contribution < -0.4 is 10.0 Å². The van der Waals surface area contributed by atoms with Gasteiger partial charge in [-0.1, -0.05) is 43.2 Å². The highest BCUT2D eigenvalue weighted by atomic mass is 32.2. The van der Waals surface area contributed by atoms with Crippen molar-refractivity contribution in [3.63, 3.8) is 0 Å². The molecule has 2 aromatic rings. The number of carbonyl (C=O) groups is 2. The van der Waals surface area contributed by atoms with E-state index in [1.54, 1.807) is 17.0 Å². The highest BCUT2D eigenvalue weighted by molar-refractivity contribution is 7.89. The Bertz CT molecular complexity index is 1080. The first-order chi connectivity index (χ1) is 15.4. The maximum atomic E-state index is 13.4. The van der Waals surface area contributed by atoms with Gasteiger partial charge < -0.3 is 10.2 Å². The van der Waals surface area contributed by atoms with Gasteiger partial charge >= 0.3 is 0 Å². The lowest BCUT2D eigenvalue weighted by Crippen LogP contribution is -2.50. The lowest BCUT2D eigenvalue weighted by Gasteiger charge is -2.27. The van der Waals surface area contributed by atoms with E-state index in [-0.39, 0.29) is 23.1 Å². The number of nitrogens with one attached hydrogen (secondary N) is 2. The molecule has 1 atom stereocenters. The third-order valence-electron chi connectivity index (χ3n) is 6.08. The zero-order chi connectivity index (χ0) is 22.6. The summed E-state index contributed by atoms with van der Waals surface area (Å²) >= 11 is 0. The SMILES string of the molecule is O=C1CCc2cc(S(=O)(=O)N[C@@H](Cc3ccccc3)C(=O)N3CCCCCC3)ccc2N1. The topological polar surface area (TPSA) is 95.6 Å². The summed E-state index contributed by atoms with van der Waals surface area (Å²) in [6.45, 7) is 1.31. The van der Waals surface area contributed by atoms with E-state index in [0.717, 1.165) is 36.8 Å². The predicted molar refractivity (Wildman–Crippen MR) is 123 cm³/mol. The number of fused-ring (bicyclic) bond motifs is 1. The van der Waals surface area contributed by atoms with Crippen LogP contribution in [0.15, 0.2) is 53.4 Å². The minimum absolute atomic E-state index is 0.0720. The van der Waals surface area contributed by atoms with Gasteiger partial charge in [-0.3, -0.25) is 9.59 Å². The third-order valence-corrected chi connectivity index (χ3v) is 7.55. The molecule has 0 unspecified atom stereocenters. The highest BCUT2D eigenvalue weighted by Gasteiger charge is 2.30. The van der Waals surface area contributed by atoms with Crippen molar-refractivity contribution < 1.29 is 18.0 Å². The van der Waals surface area contributed by atoms with E-state index < -0.39 is 16.1 Å². The Balaban J connectivity index is 1.59. The smallest absolute Gasteiger partial charge is 0.241 e. The quantitative estimate of drug-likeness (QED) is 0.700. The largest absolute Gasteiger partial charge is 0.341 e. The number of sulfonamides is 1. The van der Waals surface area contributed by atoms with Crippen LogP contribution in [-0.2, 0) is 32.5 Å². The molecule has 8 heteroatoms. The molecular formula is C24H29N3O4S. The van der Waals surface area contributed by atoms with Crippen LogP contribution in [0.3, 0.4) is 0 Å². The van der Waals surface area contributed by atoms with E-state index in [1.165, 1.54) is 6.07 Å². The van der Waals surface area contributed by atoms with Gasteiger partial charge in [0, 0.05) is 25.2 Å². The maximum Gasteiger partial charge on any atom is 0.241 e. The zero-order valence-electron chi connectivity index (χ0n) is 18.0. The highest BCUT2D eigenvalue weighted by Crippen LogP contribution is 2.26. The Labute approximate surface area is 189 Å². The molecule has 0 radical (unpaired) electrons. The molecule has 0 spiro atoms. The maximum absolute atomic E-state index is 13.4. The Kier molecular flexibility index (Phi) is 6.91. The monoisotopic (exact) mass is 455 g/mol. The number of amides is 2. The molecule has 1 saturated heterocycles. The number of rotatable bonds is 6. The Morgan fingerprint density at radius 1 is 1.00 bits per heavy atom. The van der Waals surface area contributed by atoms with Crippen molar-refractivity contribution in [3.8, 4) is 0 Å². The Morgan fingerprint density at radius 3 is 2.44 bits per heavy atom. The number of nitrogens with zero attached hydrogens (tertiary/aromatic N) is 1. The second kappa shape index (κ2) is 9.83. The fourth-order valence-corrected chi connectivity index (χ4v) is 5.56. The van der Waals surface area contributed by atoms with Crippen LogP contribution in [0.2, 0.25) is 0 Å². The molecule has 2 aliphatic heterocycles. The molecule has 7 nitrogen and oxygen atoms in total. The predicted octanol–water partition coefficient (Wildman–Crippen LogP) is 2.86. The lowest BCUT2D eigenvalue weighted by molar-refractivity contribution is -0.133. The Morgan fingerprint density at radius 2 is 1.72 bits per heavy atom. The van der Waals surface area contributed by atoms with Gasteiger partial charge in [-0.2, -0.15) is 4.72 Å². The van der Waals surface area contributed by atoms with Crippen LogP contribution in [0.5, 0.6) is 0 Å². The van der Waals surface area contributed by atoms with Crippen molar-refractivity contribution >= 4 is 27.5 Å².